The molecule has 2 aromatic rings. The zero-order chi connectivity index (χ0) is 20.0. The van der Waals surface area contributed by atoms with Crippen LogP contribution in [0.1, 0.15) is 25.7 Å². The minimum absolute atomic E-state index is 0.0408. The average molecular weight is 413 g/mol. The zero-order valence-electron chi connectivity index (χ0n) is 16.0. The topological polar surface area (TPSA) is 75.7 Å². The molecule has 2 aromatic carbocycles. The van der Waals surface area contributed by atoms with Crippen molar-refractivity contribution < 1.29 is 17.9 Å². The average Bonchev–Trinajstić information content (AvgIpc) is 3.37. The van der Waals surface area contributed by atoms with Gasteiger partial charge in [-0.15, -0.1) is 0 Å². The van der Waals surface area contributed by atoms with E-state index in [1.165, 1.54) is 23.6 Å². The molecule has 6 nitrogen and oxygen atoms in total. The van der Waals surface area contributed by atoms with Gasteiger partial charge in [-0.25, -0.2) is 8.42 Å². The number of carbonyl (C=O) groups is 1. The molecule has 1 heterocycles. The first-order chi connectivity index (χ1) is 14.0. The third-order valence-electron chi connectivity index (χ3n) is 6.42. The van der Waals surface area contributed by atoms with Crippen LogP contribution in [-0.2, 0) is 14.8 Å². The van der Waals surface area contributed by atoms with Gasteiger partial charge in [0.05, 0.1) is 17.1 Å². The van der Waals surface area contributed by atoms with Crippen molar-refractivity contribution in [2.45, 2.75) is 42.7 Å². The van der Waals surface area contributed by atoms with Crippen LogP contribution < -0.4 is 14.4 Å². The molecule has 3 aliphatic rings. The molecule has 4 unspecified atom stereocenters. The van der Waals surface area contributed by atoms with E-state index in [9.17, 15) is 13.2 Å². The third kappa shape index (κ3) is 3.27. The predicted octanol–water partition coefficient (Wildman–Crippen LogP) is 2.95. The largest absolute Gasteiger partial charge is 0.476 e. The Balaban J connectivity index is 1.42. The highest BCUT2D eigenvalue weighted by molar-refractivity contribution is 7.92. The lowest BCUT2D eigenvalue weighted by molar-refractivity contribution is -0.128. The smallest absolute Gasteiger partial charge is 0.264 e. The molecule has 1 amide bonds. The molecule has 1 N–H and O–H groups in total. The van der Waals surface area contributed by atoms with Gasteiger partial charge < -0.3 is 10.1 Å². The summed E-state index contributed by atoms with van der Waals surface area (Å²) in [5, 5.41) is 3.14. The summed E-state index contributed by atoms with van der Waals surface area (Å²) in [6, 6.07) is 15.4. The summed E-state index contributed by atoms with van der Waals surface area (Å²) in [4.78, 5) is 13.2. The van der Waals surface area contributed by atoms with Gasteiger partial charge in [0.25, 0.3) is 15.9 Å². The number of rotatable bonds is 4. The first kappa shape index (κ1) is 18.5. The Kier molecular flexibility index (Phi) is 4.50. The van der Waals surface area contributed by atoms with E-state index in [0.29, 0.717) is 23.3 Å². The zero-order valence-corrected chi connectivity index (χ0v) is 16.8. The number of para-hydroxylation sites is 2. The molecule has 152 valence electrons. The van der Waals surface area contributed by atoms with Crippen molar-refractivity contribution in [1.29, 1.82) is 0 Å². The lowest BCUT2D eigenvalue weighted by Gasteiger charge is -2.35. The Bertz CT molecular complexity index is 1020. The lowest BCUT2D eigenvalue weighted by atomic mass is 9.95. The molecule has 2 bridgehead atoms. The van der Waals surface area contributed by atoms with E-state index >= 15 is 0 Å². The minimum Gasteiger partial charge on any atom is -0.476 e. The summed E-state index contributed by atoms with van der Waals surface area (Å²) < 4.78 is 33.8. The quantitative estimate of drug-likeness (QED) is 0.838. The number of carbonyl (C=O) groups excluding carboxylic acids is 1. The van der Waals surface area contributed by atoms with Crippen LogP contribution in [0.2, 0.25) is 0 Å². The maximum Gasteiger partial charge on any atom is 0.264 e. The molecule has 0 spiro atoms. The van der Waals surface area contributed by atoms with Crippen molar-refractivity contribution in [3.05, 3.63) is 54.6 Å². The SMILES string of the molecule is O=C(NC1CC2CCC1C2)C1CN(S(=O)(=O)c2ccccc2)c2ccccc2O1. The maximum absolute atomic E-state index is 13.3. The fourth-order valence-electron chi connectivity index (χ4n) is 4.98. The van der Waals surface area contributed by atoms with Crippen molar-refractivity contribution in [2.75, 3.05) is 10.8 Å². The number of hydrogen-bond acceptors (Lipinski definition) is 4. The van der Waals surface area contributed by atoms with Gasteiger partial charge in [-0.1, -0.05) is 36.8 Å². The van der Waals surface area contributed by atoms with E-state index in [1.807, 2.05) is 0 Å². The first-order valence-electron chi connectivity index (χ1n) is 10.2. The van der Waals surface area contributed by atoms with E-state index in [-0.39, 0.29) is 23.4 Å². The summed E-state index contributed by atoms with van der Waals surface area (Å²) in [5.41, 5.74) is 0.459. The van der Waals surface area contributed by atoms with Crippen LogP contribution >= 0.6 is 0 Å². The third-order valence-corrected chi connectivity index (χ3v) is 8.22. The molecule has 5 rings (SSSR count). The fraction of sp³-hybridized carbons (Fsp3) is 0.409. The van der Waals surface area contributed by atoms with Crippen molar-refractivity contribution in [3.63, 3.8) is 0 Å². The molecule has 0 saturated heterocycles. The van der Waals surface area contributed by atoms with Crippen LogP contribution in [0.5, 0.6) is 5.75 Å². The number of hydrogen-bond donors (Lipinski definition) is 1. The molecule has 2 fully saturated rings. The van der Waals surface area contributed by atoms with Gasteiger partial charge in [-0.05, 0) is 55.4 Å². The van der Waals surface area contributed by atoms with E-state index in [0.717, 1.165) is 6.42 Å². The number of nitrogens with one attached hydrogen (secondary N) is 1. The normalized spacial score (nSPS) is 27.9. The minimum atomic E-state index is -3.80. The number of benzene rings is 2. The molecule has 2 aliphatic carbocycles. The van der Waals surface area contributed by atoms with E-state index in [2.05, 4.69) is 5.32 Å². The molecule has 2 saturated carbocycles. The second kappa shape index (κ2) is 7.06. The van der Waals surface area contributed by atoms with Crippen LogP contribution in [0.25, 0.3) is 0 Å². The Morgan fingerprint density at radius 3 is 2.48 bits per heavy atom. The van der Waals surface area contributed by atoms with Crippen molar-refractivity contribution in [3.8, 4) is 5.75 Å². The Morgan fingerprint density at radius 1 is 1.00 bits per heavy atom. The van der Waals surface area contributed by atoms with Crippen molar-refractivity contribution in [1.82, 2.24) is 5.32 Å². The summed E-state index contributed by atoms with van der Waals surface area (Å²) >= 11 is 0. The summed E-state index contributed by atoms with van der Waals surface area (Å²) in [6.45, 7) is -0.0408. The highest BCUT2D eigenvalue weighted by Crippen LogP contribution is 2.44. The standard InChI is InChI=1S/C22H24N2O4S/c25-22(23-18-13-15-10-11-16(18)12-15)21-14-24(19-8-4-5-9-20(19)28-21)29(26,27)17-6-2-1-3-7-17/h1-9,15-16,18,21H,10-14H2,(H,23,25). The van der Waals surface area contributed by atoms with E-state index < -0.39 is 16.1 Å². The molecule has 4 atom stereocenters. The second-order valence-corrected chi connectivity index (χ2v) is 10.1. The Morgan fingerprint density at radius 2 is 1.76 bits per heavy atom. The molecule has 7 heteroatoms. The van der Waals surface area contributed by atoms with E-state index in [1.54, 1.807) is 54.6 Å². The summed E-state index contributed by atoms with van der Waals surface area (Å²) in [7, 11) is -3.80. The number of ether oxygens (including phenoxy) is 1. The van der Waals surface area contributed by atoms with Crippen LogP contribution in [0.3, 0.4) is 0 Å². The highest BCUT2D eigenvalue weighted by atomic mass is 32.2. The Hall–Kier alpha value is -2.54. The Labute approximate surface area is 170 Å². The molecular weight excluding hydrogens is 388 g/mol. The van der Waals surface area contributed by atoms with Crippen molar-refractivity contribution >= 4 is 21.6 Å². The van der Waals surface area contributed by atoms with Gasteiger partial charge in [0.1, 0.15) is 5.75 Å². The van der Waals surface area contributed by atoms with Gasteiger partial charge in [0.2, 0.25) is 0 Å². The van der Waals surface area contributed by atoms with Crippen LogP contribution in [0.4, 0.5) is 5.69 Å². The molecular formula is C22H24N2O4S. The van der Waals surface area contributed by atoms with Gasteiger partial charge >= 0.3 is 0 Å². The second-order valence-electron chi connectivity index (χ2n) is 8.21. The number of sulfonamides is 1. The lowest BCUT2D eigenvalue weighted by Crippen LogP contribution is -2.53. The highest BCUT2D eigenvalue weighted by Gasteiger charge is 2.43. The van der Waals surface area contributed by atoms with E-state index in [4.69, 9.17) is 4.74 Å². The maximum atomic E-state index is 13.3. The molecule has 0 aromatic heterocycles. The summed E-state index contributed by atoms with van der Waals surface area (Å²) in [6.07, 6.45) is 3.76. The monoisotopic (exact) mass is 412 g/mol. The van der Waals surface area contributed by atoms with Crippen LogP contribution in [-0.4, -0.2) is 33.0 Å². The van der Waals surface area contributed by atoms with Gasteiger partial charge in [0.15, 0.2) is 6.10 Å². The fourth-order valence-corrected chi connectivity index (χ4v) is 6.48. The number of fused-ring (bicyclic) bond motifs is 3. The van der Waals surface area contributed by atoms with Gasteiger partial charge in [-0.3, -0.25) is 9.10 Å². The molecule has 29 heavy (non-hydrogen) atoms. The number of amides is 1. The molecule has 0 radical (unpaired) electrons. The molecule has 1 aliphatic heterocycles. The van der Waals surface area contributed by atoms with Crippen LogP contribution in [0, 0.1) is 11.8 Å². The number of nitrogens with zero attached hydrogens (tertiary/aromatic N) is 1. The van der Waals surface area contributed by atoms with Crippen molar-refractivity contribution in [2.24, 2.45) is 11.8 Å². The van der Waals surface area contributed by atoms with Gasteiger partial charge in [0, 0.05) is 6.04 Å². The summed E-state index contributed by atoms with van der Waals surface area (Å²) in [5.74, 6) is 1.44. The van der Waals surface area contributed by atoms with Gasteiger partial charge in [-0.2, -0.15) is 0 Å². The predicted molar refractivity (Wildman–Crippen MR) is 109 cm³/mol. The first-order valence-corrected chi connectivity index (χ1v) is 11.6. The number of anilines is 1. The van der Waals surface area contributed by atoms with Crippen LogP contribution in [0.15, 0.2) is 59.5 Å².